The predicted octanol–water partition coefficient (Wildman–Crippen LogP) is 3.71. The highest BCUT2D eigenvalue weighted by atomic mass is 79.9. The number of carbonyl (C=O) groups is 1. The van der Waals surface area contributed by atoms with E-state index in [4.69, 9.17) is 9.52 Å². The smallest absolute Gasteiger partial charge is 0.306 e. The molecule has 1 aromatic heterocycles. The summed E-state index contributed by atoms with van der Waals surface area (Å²) >= 11 is 3.46. The van der Waals surface area contributed by atoms with Crippen LogP contribution < -0.4 is 0 Å². The molecule has 6 heteroatoms. The van der Waals surface area contributed by atoms with Gasteiger partial charge in [-0.1, -0.05) is 22.0 Å². The Labute approximate surface area is 143 Å². The number of piperidine rings is 1. The van der Waals surface area contributed by atoms with Gasteiger partial charge in [0.25, 0.3) is 0 Å². The Kier molecular flexibility index (Phi) is 4.82. The highest BCUT2D eigenvalue weighted by Crippen LogP contribution is 2.26. The Morgan fingerprint density at radius 2 is 2.17 bits per heavy atom. The van der Waals surface area contributed by atoms with E-state index >= 15 is 0 Å². The number of hydrogen-bond donors (Lipinski definition) is 1. The third-order valence-electron chi connectivity index (χ3n) is 4.27. The van der Waals surface area contributed by atoms with E-state index in [0.717, 1.165) is 34.6 Å². The lowest BCUT2D eigenvalue weighted by molar-refractivity contribution is -0.143. The van der Waals surface area contributed by atoms with Crippen molar-refractivity contribution in [3.63, 3.8) is 0 Å². The van der Waals surface area contributed by atoms with E-state index in [9.17, 15) is 4.79 Å². The maximum atomic E-state index is 11.0. The Hall–Kier alpha value is -1.66. The Bertz CT molecular complexity index is 706. The summed E-state index contributed by atoms with van der Waals surface area (Å²) in [6.07, 6.45) is 1.40. The molecule has 23 heavy (non-hydrogen) atoms. The van der Waals surface area contributed by atoms with E-state index in [0.29, 0.717) is 25.3 Å². The molecule has 1 aliphatic heterocycles. The van der Waals surface area contributed by atoms with Crippen molar-refractivity contribution in [2.45, 2.75) is 26.3 Å². The second kappa shape index (κ2) is 6.84. The van der Waals surface area contributed by atoms with Crippen molar-refractivity contribution in [3.8, 4) is 11.5 Å². The number of carboxylic acids is 1. The normalized spacial score (nSPS) is 16.6. The molecule has 5 nitrogen and oxygen atoms in total. The standard InChI is InChI=1S/C17H19BrN2O3/c1-11-15(10-20-7-5-12(6-8-20)17(21)22)19-16(23-11)13-3-2-4-14(18)9-13/h2-4,9,12H,5-8,10H2,1H3,(H,21,22). The molecule has 0 bridgehead atoms. The number of oxazole rings is 1. The van der Waals surface area contributed by atoms with E-state index in [1.165, 1.54) is 0 Å². The van der Waals surface area contributed by atoms with Gasteiger partial charge in [0.1, 0.15) is 5.76 Å². The molecule has 1 fully saturated rings. The zero-order valence-corrected chi connectivity index (χ0v) is 14.5. The van der Waals surface area contributed by atoms with Crippen molar-refractivity contribution in [1.29, 1.82) is 0 Å². The van der Waals surface area contributed by atoms with Crippen LogP contribution in [0, 0.1) is 12.8 Å². The first-order valence-electron chi connectivity index (χ1n) is 7.70. The van der Waals surface area contributed by atoms with Crippen LogP contribution in [-0.4, -0.2) is 34.0 Å². The van der Waals surface area contributed by atoms with Crippen molar-refractivity contribution in [2.24, 2.45) is 5.92 Å². The molecule has 0 saturated carbocycles. The minimum Gasteiger partial charge on any atom is -0.481 e. The average Bonchev–Trinajstić information content (AvgIpc) is 2.89. The molecule has 0 spiro atoms. The van der Waals surface area contributed by atoms with Crippen LogP contribution in [-0.2, 0) is 11.3 Å². The molecule has 1 N–H and O–H groups in total. The monoisotopic (exact) mass is 378 g/mol. The van der Waals surface area contributed by atoms with E-state index in [-0.39, 0.29) is 5.92 Å². The van der Waals surface area contributed by atoms with Gasteiger partial charge >= 0.3 is 5.97 Å². The van der Waals surface area contributed by atoms with Crippen molar-refractivity contribution >= 4 is 21.9 Å². The third-order valence-corrected chi connectivity index (χ3v) is 4.77. The number of hydrogen-bond acceptors (Lipinski definition) is 4. The first-order valence-corrected chi connectivity index (χ1v) is 8.49. The number of halogens is 1. The molecule has 1 saturated heterocycles. The van der Waals surface area contributed by atoms with Gasteiger partial charge in [0, 0.05) is 16.6 Å². The zero-order chi connectivity index (χ0) is 16.4. The summed E-state index contributed by atoms with van der Waals surface area (Å²) < 4.78 is 6.79. The number of aliphatic carboxylic acids is 1. The summed E-state index contributed by atoms with van der Waals surface area (Å²) in [5.74, 6) is 0.556. The van der Waals surface area contributed by atoms with Crippen molar-refractivity contribution in [1.82, 2.24) is 9.88 Å². The first kappa shape index (κ1) is 16.2. The lowest BCUT2D eigenvalue weighted by atomic mass is 9.97. The van der Waals surface area contributed by atoms with Crippen molar-refractivity contribution < 1.29 is 14.3 Å². The summed E-state index contributed by atoms with van der Waals surface area (Å²) in [5.41, 5.74) is 1.87. The molecule has 2 heterocycles. The maximum absolute atomic E-state index is 11.0. The molecular formula is C17H19BrN2O3. The highest BCUT2D eigenvalue weighted by Gasteiger charge is 2.25. The van der Waals surface area contributed by atoms with E-state index < -0.39 is 5.97 Å². The molecule has 1 aromatic carbocycles. The van der Waals surface area contributed by atoms with Crippen LogP contribution in [0.3, 0.4) is 0 Å². The van der Waals surface area contributed by atoms with E-state index in [2.05, 4.69) is 25.8 Å². The lowest BCUT2D eigenvalue weighted by Crippen LogP contribution is -2.36. The second-order valence-electron chi connectivity index (χ2n) is 5.92. The summed E-state index contributed by atoms with van der Waals surface area (Å²) in [6, 6.07) is 7.87. The Morgan fingerprint density at radius 3 is 2.83 bits per heavy atom. The predicted molar refractivity (Wildman–Crippen MR) is 90.0 cm³/mol. The van der Waals surface area contributed by atoms with E-state index in [1.807, 2.05) is 31.2 Å². The second-order valence-corrected chi connectivity index (χ2v) is 6.84. The van der Waals surface area contributed by atoms with Gasteiger partial charge in [0.2, 0.25) is 5.89 Å². The highest BCUT2D eigenvalue weighted by molar-refractivity contribution is 9.10. The van der Waals surface area contributed by atoms with Crippen molar-refractivity contribution in [3.05, 3.63) is 40.2 Å². The Balaban J connectivity index is 1.69. The summed E-state index contributed by atoms with van der Waals surface area (Å²) in [7, 11) is 0. The van der Waals surface area contributed by atoms with Crippen LogP contribution in [0.15, 0.2) is 33.2 Å². The number of nitrogens with zero attached hydrogens (tertiary/aromatic N) is 2. The summed E-state index contributed by atoms with van der Waals surface area (Å²) in [6.45, 7) is 4.20. The van der Waals surface area contributed by atoms with Crippen LogP contribution in [0.4, 0.5) is 0 Å². The van der Waals surface area contributed by atoms with E-state index in [1.54, 1.807) is 0 Å². The van der Waals surface area contributed by atoms with Crippen LogP contribution in [0.5, 0.6) is 0 Å². The molecule has 0 radical (unpaired) electrons. The topological polar surface area (TPSA) is 66.6 Å². The third kappa shape index (κ3) is 3.82. The van der Waals surface area contributed by atoms with Crippen LogP contribution in [0.25, 0.3) is 11.5 Å². The van der Waals surface area contributed by atoms with Gasteiger partial charge in [-0.05, 0) is 51.1 Å². The van der Waals surface area contributed by atoms with Gasteiger partial charge in [-0.2, -0.15) is 0 Å². The molecular weight excluding hydrogens is 360 g/mol. The number of rotatable bonds is 4. The zero-order valence-electron chi connectivity index (χ0n) is 13.0. The first-order chi connectivity index (χ1) is 11.0. The van der Waals surface area contributed by atoms with Crippen molar-refractivity contribution in [2.75, 3.05) is 13.1 Å². The SMILES string of the molecule is Cc1oc(-c2cccc(Br)c2)nc1CN1CCC(C(=O)O)CC1. The van der Waals surface area contributed by atoms with Gasteiger partial charge in [0.05, 0.1) is 11.6 Å². The average molecular weight is 379 g/mol. The largest absolute Gasteiger partial charge is 0.481 e. The molecule has 0 unspecified atom stereocenters. The summed E-state index contributed by atoms with van der Waals surface area (Å²) in [4.78, 5) is 17.9. The molecule has 3 rings (SSSR count). The number of likely N-dealkylation sites (tertiary alicyclic amines) is 1. The van der Waals surface area contributed by atoms with Gasteiger partial charge in [-0.3, -0.25) is 9.69 Å². The fourth-order valence-electron chi connectivity index (χ4n) is 2.87. The summed E-state index contributed by atoms with van der Waals surface area (Å²) in [5, 5.41) is 9.06. The number of benzene rings is 1. The Morgan fingerprint density at radius 1 is 1.43 bits per heavy atom. The number of aryl methyl sites for hydroxylation is 1. The quantitative estimate of drug-likeness (QED) is 0.877. The fraction of sp³-hybridized carbons (Fsp3) is 0.412. The fourth-order valence-corrected chi connectivity index (χ4v) is 3.27. The molecule has 0 atom stereocenters. The molecule has 2 aromatic rings. The minimum absolute atomic E-state index is 0.207. The van der Waals surface area contributed by atoms with Gasteiger partial charge in [-0.15, -0.1) is 0 Å². The minimum atomic E-state index is -0.681. The molecule has 0 amide bonds. The van der Waals surface area contributed by atoms with Crippen LogP contribution >= 0.6 is 15.9 Å². The van der Waals surface area contributed by atoms with Crippen LogP contribution in [0.1, 0.15) is 24.3 Å². The maximum Gasteiger partial charge on any atom is 0.306 e. The molecule has 1 aliphatic rings. The number of carboxylic acid groups (broad SMARTS) is 1. The lowest BCUT2D eigenvalue weighted by Gasteiger charge is -2.29. The molecule has 122 valence electrons. The van der Waals surface area contributed by atoms with Gasteiger partial charge in [0.15, 0.2) is 0 Å². The van der Waals surface area contributed by atoms with Gasteiger partial charge < -0.3 is 9.52 Å². The van der Waals surface area contributed by atoms with Crippen LogP contribution in [0.2, 0.25) is 0 Å². The number of aromatic nitrogens is 1. The van der Waals surface area contributed by atoms with Gasteiger partial charge in [-0.25, -0.2) is 4.98 Å². The molecule has 0 aliphatic carbocycles.